The Morgan fingerprint density at radius 1 is 1.29 bits per heavy atom. The number of carboxylic acid groups (broad SMARTS) is 1. The van der Waals surface area contributed by atoms with E-state index in [4.69, 9.17) is 5.11 Å². The van der Waals surface area contributed by atoms with Crippen LogP contribution in [0.3, 0.4) is 0 Å². The average Bonchev–Trinajstić information content (AvgIpc) is 2.61. The maximum atomic E-state index is 11.8. The van der Waals surface area contributed by atoms with Crippen molar-refractivity contribution in [2.45, 2.75) is 6.92 Å². The minimum absolute atomic E-state index is 0.418. The van der Waals surface area contributed by atoms with Crippen molar-refractivity contribution in [3.8, 4) is 0 Å². The molecule has 0 fully saturated rings. The lowest BCUT2D eigenvalue weighted by molar-refractivity contribution is -0.131. The first kappa shape index (κ1) is 11.1. The van der Waals surface area contributed by atoms with Gasteiger partial charge in [-0.25, -0.2) is 9.78 Å². The predicted octanol–water partition coefficient (Wildman–Crippen LogP) is 1.63. The molecule has 0 spiro atoms. The maximum Gasteiger partial charge on any atom is 0.328 e. The monoisotopic (exact) mass is 230 g/mol. The first-order chi connectivity index (χ1) is 8.09. The molecule has 0 aliphatic rings. The molecule has 0 aliphatic heterocycles. The Labute approximate surface area is 97.0 Å². The van der Waals surface area contributed by atoms with E-state index in [2.05, 4.69) is 4.98 Å². The lowest BCUT2D eigenvalue weighted by Crippen LogP contribution is -2.09. The molecule has 5 heteroatoms. The molecule has 86 valence electrons. The lowest BCUT2D eigenvalue weighted by atomic mass is 10.3. The summed E-state index contributed by atoms with van der Waals surface area (Å²) in [5.41, 5.74) is 1.38. The molecule has 0 radical (unpaired) electrons. The number of hydrogen-bond acceptors (Lipinski definition) is 3. The molecule has 0 saturated heterocycles. The van der Waals surface area contributed by atoms with Crippen molar-refractivity contribution < 1.29 is 14.7 Å². The Balaban J connectivity index is 2.51. The Morgan fingerprint density at radius 2 is 2.00 bits per heavy atom. The molecule has 0 aliphatic carbocycles. The van der Waals surface area contributed by atoms with Gasteiger partial charge in [-0.15, -0.1) is 0 Å². The minimum Gasteiger partial charge on any atom is -0.478 e. The number of rotatable bonds is 2. The summed E-state index contributed by atoms with van der Waals surface area (Å²) in [6.07, 6.45) is 1.83. The SMILES string of the molecule is Cc1nc2ccccc2n1C(=O)C=CC(=O)O. The highest BCUT2D eigenvalue weighted by molar-refractivity contribution is 6.00. The molecule has 1 aromatic carbocycles. The number of aromatic nitrogens is 2. The normalized spacial score (nSPS) is 11.1. The summed E-state index contributed by atoms with van der Waals surface area (Å²) in [6, 6.07) is 7.19. The van der Waals surface area contributed by atoms with Gasteiger partial charge in [0.1, 0.15) is 5.82 Å². The number of allylic oxidation sites excluding steroid dienone is 1. The van der Waals surface area contributed by atoms with Gasteiger partial charge < -0.3 is 5.11 Å². The number of nitrogens with zero attached hydrogens (tertiary/aromatic N) is 2. The van der Waals surface area contributed by atoms with Crippen LogP contribution in [0, 0.1) is 6.92 Å². The van der Waals surface area contributed by atoms with Gasteiger partial charge in [-0.3, -0.25) is 9.36 Å². The van der Waals surface area contributed by atoms with Crippen molar-refractivity contribution in [3.63, 3.8) is 0 Å². The fourth-order valence-corrected chi connectivity index (χ4v) is 1.64. The molecule has 17 heavy (non-hydrogen) atoms. The van der Waals surface area contributed by atoms with Crippen molar-refractivity contribution >= 4 is 22.9 Å². The lowest BCUT2D eigenvalue weighted by Gasteiger charge is -2.00. The molecule has 5 nitrogen and oxygen atoms in total. The van der Waals surface area contributed by atoms with Crippen molar-refractivity contribution in [3.05, 3.63) is 42.2 Å². The smallest absolute Gasteiger partial charge is 0.328 e. The van der Waals surface area contributed by atoms with E-state index in [1.807, 2.05) is 6.07 Å². The third-order valence-corrected chi connectivity index (χ3v) is 2.32. The molecule has 2 rings (SSSR count). The van der Waals surface area contributed by atoms with Crippen LogP contribution in [-0.4, -0.2) is 26.5 Å². The molecule has 0 saturated carbocycles. The number of aryl methyl sites for hydroxylation is 1. The third kappa shape index (κ3) is 2.08. The van der Waals surface area contributed by atoms with Crippen LogP contribution >= 0.6 is 0 Å². The molecule has 0 amide bonds. The highest BCUT2D eigenvalue weighted by Crippen LogP contribution is 2.15. The summed E-state index contributed by atoms with van der Waals surface area (Å²) in [5, 5.41) is 8.48. The topological polar surface area (TPSA) is 72.2 Å². The fourth-order valence-electron chi connectivity index (χ4n) is 1.64. The van der Waals surface area contributed by atoms with Crippen molar-refractivity contribution in [1.29, 1.82) is 0 Å². The van der Waals surface area contributed by atoms with Crippen LogP contribution in [-0.2, 0) is 4.79 Å². The number of hydrogen-bond donors (Lipinski definition) is 1. The van der Waals surface area contributed by atoms with E-state index in [0.717, 1.165) is 12.2 Å². The van der Waals surface area contributed by atoms with Crippen molar-refractivity contribution in [1.82, 2.24) is 9.55 Å². The molecular weight excluding hydrogens is 220 g/mol. The summed E-state index contributed by atoms with van der Waals surface area (Å²) < 4.78 is 1.38. The Hall–Kier alpha value is -2.43. The van der Waals surface area contributed by atoms with Crippen LogP contribution in [0.4, 0.5) is 0 Å². The van der Waals surface area contributed by atoms with E-state index in [1.165, 1.54) is 4.57 Å². The van der Waals surface area contributed by atoms with Gasteiger partial charge in [-0.2, -0.15) is 0 Å². The van der Waals surface area contributed by atoms with Gasteiger partial charge in [0, 0.05) is 12.2 Å². The van der Waals surface area contributed by atoms with Gasteiger partial charge in [0.2, 0.25) is 0 Å². The summed E-state index contributed by atoms with van der Waals surface area (Å²) in [4.78, 5) is 26.4. The number of para-hydroxylation sites is 2. The Kier molecular flexibility index (Phi) is 2.74. The quantitative estimate of drug-likeness (QED) is 0.796. The first-order valence-corrected chi connectivity index (χ1v) is 4.99. The zero-order valence-corrected chi connectivity index (χ0v) is 9.12. The predicted molar refractivity (Wildman–Crippen MR) is 61.9 cm³/mol. The van der Waals surface area contributed by atoms with Gasteiger partial charge in [0.25, 0.3) is 5.91 Å². The van der Waals surface area contributed by atoms with Gasteiger partial charge >= 0.3 is 5.97 Å². The largest absolute Gasteiger partial charge is 0.478 e. The van der Waals surface area contributed by atoms with Crippen LogP contribution in [0.5, 0.6) is 0 Å². The number of benzene rings is 1. The van der Waals surface area contributed by atoms with Gasteiger partial charge in [-0.05, 0) is 19.1 Å². The molecule has 2 aromatic rings. The molecule has 1 N–H and O–H groups in total. The van der Waals surface area contributed by atoms with E-state index in [-0.39, 0.29) is 0 Å². The summed E-state index contributed by atoms with van der Waals surface area (Å²) >= 11 is 0. The van der Waals surface area contributed by atoms with E-state index < -0.39 is 11.9 Å². The highest BCUT2D eigenvalue weighted by Gasteiger charge is 2.11. The van der Waals surface area contributed by atoms with E-state index in [9.17, 15) is 9.59 Å². The number of fused-ring (bicyclic) bond motifs is 1. The first-order valence-electron chi connectivity index (χ1n) is 4.99. The summed E-state index contributed by atoms with van der Waals surface area (Å²) in [7, 11) is 0. The Bertz CT molecular complexity index is 626. The number of carbonyl (C=O) groups is 2. The van der Waals surface area contributed by atoms with Gasteiger partial charge in [-0.1, -0.05) is 12.1 Å². The standard InChI is InChI=1S/C12H10N2O3/c1-8-13-9-4-2-3-5-10(9)14(8)11(15)6-7-12(16)17/h2-7H,1H3,(H,16,17). The minimum atomic E-state index is -1.15. The molecule has 0 bridgehead atoms. The molecular formula is C12H10N2O3. The second-order valence-electron chi connectivity index (χ2n) is 3.49. The molecule has 0 unspecified atom stereocenters. The third-order valence-electron chi connectivity index (χ3n) is 2.32. The van der Waals surface area contributed by atoms with Crippen LogP contribution in [0.2, 0.25) is 0 Å². The van der Waals surface area contributed by atoms with Crippen LogP contribution < -0.4 is 0 Å². The van der Waals surface area contributed by atoms with E-state index >= 15 is 0 Å². The van der Waals surface area contributed by atoms with Crippen LogP contribution in [0.15, 0.2) is 36.4 Å². The van der Waals surface area contributed by atoms with Gasteiger partial charge in [0.15, 0.2) is 0 Å². The van der Waals surface area contributed by atoms with Gasteiger partial charge in [0.05, 0.1) is 11.0 Å². The van der Waals surface area contributed by atoms with E-state index in [0.29, 0.717) is 16.9 Å². The highest BCUT2D eigenvalue weighted by atomic mass is 16.4. The zero-order chi connectivity index (χ0) is 12.4. The maximum absolute atomic E-state index is 11.8. The van der Waals surface area contributed by atoms with E-state index in [1.54, 1.807) is 25.1 Å². The number of carboxylic acids is 1. The second-order valence-corrected chi connectivity index (χ2v) is 3.49. The average molecular weight is 230 g/mol. The van der Waals surface area contributed by atoms with Crippen LogP contribution in [0.1, 0.15) is 10.6 Å². The summed E-state index contributed by atoms with van der Waals surface area (Å²) in [6.45, 7) is 1.70. The summed E-state index contributed by atoms with van der Waals surface area (Å²) in [5.74, 6) is -1.04. The molecule has 1 aromatic heterocycles. The number of aliphatic carboxylic acids is 1. The second kappa shape index (κ2) is 4.21. The number of carbonyl (C=O) groups excluding carboxylic acids is 1. The van der Waals surface area contributed by atoms with Crippen molar-refractivity contribution in [2.24, 2.45) is 0 Å². The molecule has 1 heterocycles. The fraction of sp³-hybridized carbons (Fsp3) is 0.0833. The molecule has 0 atom stereocenters. The Morgan fingerprint density at radius 3 is 2.71 bits per heavy atom. The van der Waals surface area contributed by atoms with Crippen molar-refractivity contribution in [2.75, 3.05) is 0 Å². The van der Waals surface area contributed by atoms with Crippen LogP contribution in [0.25, 0.3) is 11.0 Å². The zero-order valence-electron chi connectivity index (χ0n) is 9.12. The number of imidazole rings is 1.